The molecule has 0 aliphatic heterocycles. The number of amides is 3. The molecule has 46 heavy (non-hydrogen) atoms. The summed E-state index contributed by atoms with van der Waals surface area (Å²) < 4.78 is 5.66. The molecule has 0 radical (unpaired) electrons. The molecule has 9 nitrogen and oxygen atoms in total. The first-order chi connectivity index (χ1) is 21.9. The Morgan fingerprint density at radius 3 is 2.33 bits per heavy atom. The molecular formula is C36H47N3O6S. The molecule has 10 heteroatoms. The van der Waals surface area contributed by atoms with Crippen molar-refractivity contribution in [2.24, 2.45) is 11.8 Å². The Hall–Kier alpha value is -3.60. The van der Waals surface area contributed by atoms with E-state index in [2.05, 4.69) is 16.0 Å². The second kappa shape index (κ2) is 16.3. The Bertz CT molecular complexity index is 1460. The van der Waals surface area contributed by atoms with Gasteiger partial charge in [0.2, 0.25) is 11.8 Å². The lowest BCUT2D eigenvalue weighted by atomic mass is 9.73. The van der Waals surface area contributed by atoms with Gasteiger partial charge in [0, 0.05) is 29.2 Å². The van der Waals surface area contributed by atoms with Crippen LogP contribution in [0.4, 0.5) is 4.79 Å². The Morgan fingerprint density at radius 1 is 0.957 bits per heavy atom. The number of fused-ring (bicyclic) bond motifs is 1. The first kappa shape index (κ1) is 35.3. The van der Waals surface area contributed by atoms with Gasteiger partial charge in [0.25, 0.3) is 0 Å². The average molecular weight is 650 g/mol. The fourth-order valence-corrected chi connectivity index (χ4v) is 7.15. The van der Waals surface area contributed by atoms with Crippen LogP contribution in [0.15, 0.2) is 77.7 Å². The second-order valence-corrected chi connectivity index (χ2v) is 14.3. The fraction of sp³-hybridized carbons (Fsp3) is 0.472. The number of benzene rings is 3. The summed E-state index contributed by atoms with van der Waals surface area (Å²) in [4.78, 5) is 39.7. The van der Waals surface area contributed by atoms with Crippen LogP contribution in [0.5, 0.6) is 0 Å². The molecule has 3 amide bonds. The van der Waals surface area contributed by atoms with Crippen molar-refractivity contribution < 1.29 is 29.3 Å². The predicted octanol–water partition coefficient (Wildman–Crippen LogP) is 5.39. The molecule has 4 rings (SSSR count). The van der Waals surface area contributed by atoms with E-state index >= 15 is 0 Å². The minimum absolute atomic E-state index is 0.0191. The van der Waals surface area contributed by atoms with Gasteiger partial charge in [-0.05, 0) is 87.3 Å². The van der Waals surface area contributed by atoms with E-state index in [0.29, 0.717) is 19.3 Å². The van der Waals surface area contributed by atoms with Crippen molar-refractivity contribution in [3.63, 3.8) is 0 Å². The summed E-state index contributed by atoms with van der Waals surface area (Å²) in [5.41, 5.74) is 0.527. The second-order valence-electron chi connectivity index (χ2n) is 13.2. The number of carbonyl (C=O) groups is 3. The van der Waals surface area contributed by atoms with Gasteiger partial charge in [-0.2, -0.15) is 0 Å². The lowest BCUT2D eigenvalue weighted by Gasteiger charge is -2.38. The number of carbonyl (C=O) groups excluding carboxylic acids is 2. The van der Waals surface area contributed by atoms with Crippen LogP contribution in [-0.2, 0) is 20.7 Å². The van der Waals surface area contributed by atoms with Crippen LogP contribution in [0.25, 0.3) is 10.8 Å². The molecule has 248 valence electrons. The van der Waals surface area contributed by atoms with Crippen molar-refractivity contribution >= 4 is 40.4 Å². The highest BCUT2D eigenvalue weighted by Crippen LogP contribution is 2.36. The summed E-state index contributed by atoms with van der Waals surface area (Å²) in [7, 11) is 1.66. The number of rotatable bonds is 13. The molecule has 1 saturated carbocycles. The summed E-state index contributed by atoms with van der Waals surface area (Å²) in [6, 6.07) is 21.7. The molecular weight excluding hydrogens is 602 g/mol. The summed E-state index contributed by atoms with van der Waals surface area (Å²) in [6.45, 7) is 5.84. The summed E-state index contributed by atoms with van der Waals surface area (Å²) in [6.07, 6.45) is 0.320. The largest absolute Gasteiger partial charge is 0.465 e. The Kier molecular flexibility index (Phi) is 12.5. The van der Waals surface area contributed by atoms with E-state index in [1.54, 1.807) is 7.11 Å². The number of nitrogens with one attached hydrogen (secondary N) is 3. The van der Waals surface area contributed by atoms with E-state index < -0.39 is 30.2 Å². The van der Waals surface area contributed by atoms with Crippen LogP contribution in [0.3, 0.4) is 0 Å². The zero-order valence-electron chi connectivity index (χ0n) is 27.1. The highest BCUT2D eigenvalue weighted by Gasteiger charge is 2.39. The smallest absolute Gasteiger partial charge is 0.405 e. The molecule has 0 heterocycles. The van der Waals surface area contributed by atoms with Gasteiger partial charge in [0.05, 0.1) is 18.2 Å². The number of aliphatic hydroxyl groups excluding tert-OH is 1. The van der Waals surface area contributed by atoms with Gasteiger partial charge in [-0.25, -0.2) is 4.79 Å². The molecule has 6 atom stereocenters. The van der Waals surface area contributed by atoms with Crippen molar-refractivity contribution in [3.8, 4) is 0 Å². The topological polar surface area (TPSA) is 137 Å². The molecule has 0 aromatic heterocycles. The Balaban J connectivity index is 1.51. The van der Waals surface area contributed by atoms with Gasteiger partial charge in [0.1, 0.15) is 6.04 Å². The maximum atomic E-state index is 13.7. The summed E-state index contributed by atoms with van der Waals surface area (Å²) >= 11 is 1.38. The third kappa shape index (κ3) is 10.5. The van der Waals surface area contributed by atoms with E-state index in [0.717, 1.165) is 27.7 Å². The molecule has 5 N–H and O–H groups in total. The standard InChI is InChI=1S/C36H47N3O6S/c1-36(2,3)39-33(41)29-17-15-27(45-4)19-26(29)21-32(40)30(18-23-10-6-5-7-11-23)37-34(42)31(38-35(43)44)22-46-28-16-14-24-12-8-9-13-25(24)20-28/h5-14,16,20,26-27,29-32,38,40H,15,17-19,21-22H2,1-4H3,(H,37,42)(H,39,41)(H,43,44). The Morgan fingerprint density at radius 2 is 1.65 bits per heavy atom. The number of hydrogen-bond acceptors (Lipinski definition) is 6. The van der Waals surface area contributed by atoms with Crippen molar-refractivity contribution in [2.75, 3.05) is 12.9 Å². The van der Waals surface area contributed by atoms with Crippen LogP contribution in [0, 0.1) is 11.8 Å². The zero-order chi connectivity index (χ0) is 33.3. The number of thioether (sulfide) groups is 1. The van der Waals surface area contributed by atoms with Gasteiger partial charge in [-0.3, -0.25) is 9.59 Å². The summed E-state index contributed by atoms with van der Waals surface area (Å²) in [5.74, 6) is -0.858. The lowest BCUT2D eigenvalue weighted by Crippen LogP contribution is -2.54. The van der Waals surface area contributed by atoms with Crippen molar-refractivity contribution in [1.82, 2.24) is 16.0 Å². The van der Waals surface area contributed by atoms with Crippen molar-refractivity contribution in [2.45, 2.75) is 87.6 Å². The van der Waals surface area contributed by atoms with Crippen LogP contribution in [0.2, 0.25) is 0 Å². The molecule has 1 fully saturated rings. The highest BCUT2D eigenvalue weighted by molar-refractivity contribution is 7.99. The van der Waals surface area contributed by atoms with Gasteiger partial charge >= 0.3 is 6.09 Å². The molecule has 0 saturated heterocycles. The SMILES string of the molecule is COC1CCC(C(=O)NC(C)(C)C)C(CC(O)C(Cc2ccccc2)NC(=O)C(CSc2ccc3ccccc3c2)NC(=O)O)C1. The van der Waals surface area contributed by atoms with Gasteiger partial charge < -0.3 is 30.9 Å². The molecule has 0 spiro atoms. The third-order valence-corrected chi connectivity index (χ3v) is 9.58. The van der Waals surface area contributed by atoms with Crippen LogP contribution >= 0.6 is 11.8 Å². The van der Waals surface area contributed by atoms with Crippen molar-refractivity contribution in [3.05, 3.63) is 78.4 Å². The fourth-order valence-electron chi connectivity index (χ4n) is 6.18. The van der Waals surface area contributed by atoms with Gasteiger partial charge in [-0.15, -0.1) is 11.8 Å². The maximum absolute atomic E-state index is 13.7. The van der Waals surface area contributed by atoms with Crippen LogP contribution in [-0.4, -0.2) is 70.8 Å². The van der Waals surface area contributed by atoms with E-state index in [1.807, 2.05) is 93.6 Å². The number of methoxy groups -OCH3 is 1. The number of hydrogen-bond donors (Lipinski definition) is 5. The minimum Gasteiger partial charge on any atom is -0.465 e. The number of ether oxygens (including phenoxy) is 1. The molecule has 1 aliphatic carbocycles. The quantitative estimate of drug-likeness (QED) is 0.157. The molecule has 6 unspecified atom stereocenters. The summed E-state index contributed by atoms with van der Waals surface area (Å²) in [5, 5.41) is 31.9. The monoisotopic (exact) mass is 649 g/mol. The lowest BCUT2D eigenvalue weighted by molar-refractivity contribution is -0.132. The van der Waals surface area contributed by atoms with Gasteiger partial charge in [-0.1, -0.05) is 60.7 Å². The first-order valence-electron chi connectivity index (χ1n) is 15.9. The van der Waals surface area contributed by atoms with E-state index in [-0.39, 0.29) is 41.6 Å². The third-order valence-electron chi connectivity index (χ3n) is 8.49. The van der Waals surface area contributed by atoms with Crippen LogP contribution < -0.4 is 16.0 Å². The normalized spacial score (nSPS) is 20.3. The molecule has 3 aromatic rings. The first-order valence-corrected chi connectivity index (χ1v) is 16.9. The Labute approximate surface area is 275 Å². The molecule has 0 bridgehead atoms. The molecule has 1 aliphatic rings. The number of aliphatic hydroxyl groups is 1. The predicted molar refractivity (Wildman–Crippen MR) is 182 cm³/mol. The van der Waals surface area contributed by atoms with Gasteiger partial charge in [0.15, 0.2) is 0 Å². The minimum atomic E-state index is -1.31. The van der Waals surface area contributed by atoms with E-state index in [4.69, 9.17) is 4.74 Å². The zero-order valence-corrected chi connectivity index (χ0v) is 27.9. The maximum Gasteiger partial charge on any atom is 0.405 e. The highest BCUT2D eigenvalue weighted by atomic mass is 32.2. The average Bonchev–Trinajstić information content (AvgIpc) is 3.02. The van der Waals surface area contributed by atoms with E-state index in [1.165, 1.54) is 11.8 Å². The van der Waals surface area contributed by atoms with E-state index in [9.17, 15) is 24.6 Å². The van der Waals surface area contributed by atoms with Crippen LogP contribution in [0.1, 0.15) is 52.0 Å². The molecule has 3 aromatic carbocycles. The van der Waals surface area contributed by atoms with Crippen molar-refractivity contribution in [1.29, 1.82) is 0 Å². The number of carboxylic acid groups (broad SMARTS) is 1.